The molecule has 0 aliphatic carbocycles. The Morgan fingerprint density at radius 1 is 1.21 bits per heavy atom. The van der Waals surface area contributed by atoms with Crippen LogP contribution in [0, 0.1) is 5.82 Å². The maximum atomic E-state index is 13.5. The average Bonchev–Trinajstić information content (AvgIpc) is 3.35. The van der Waals surface area contributed by atoms with E-state index in [1.807, 2.05) is 0 Å². The van der Waals surface area contributed by atoms with Crippen LogP contribution in [-0.4, -0.2) is 20.5 Å². The van der Waals surface area contributed by atoms with Gasteiger partial charge in [0.25, 0.3) is 12.3 Å². The van der Waals surface area contributed by atoms with Crippen molar-refractivity contribution in [2.24, 2.45) is 0 Å². The molecule has 9 heteroatoms. The first kappa shape index (κ1) is 17.8. The van der Waals surface area contributed by atoms with Crippen LogP contribution < -0.4 is 5.32 Å². The first-order valence-corrected chi connectivity index (χ1v) is 8.26. The van der Waals surface area contributed by atoms with Gasteiger partial charge in [0.05, 0.1) is 24.7 Å². The number of alkyl halides is 2. The lowest BCUT2D eigenvalue weighted by molar-refractivity contribution is 0.0949. The highest BCUT2D eigenvalue weighted by molar-refractivity contribution is 5.99. The van der Waals surface area contributed by atoms with Crippen LogP contribution in [0.2, 0.25) is 0 Å². The van der Waals surface area contributed by atoms with E-state index in [0.717, 1.165) is 4.52 Å². The van der Waals surface area contributed by atoms with E-state index in [9.17, 15) is 18.0 Å². The smallest absolute Gasteiger partial charge is 0.280 e. The Morgan fingerprint density at radius 2 is 2.00 bits per heavy atom. The van der Waals surface area contributed by atoms with Crippen LogP contribution >= 0.6 is 0 Å². The normalized spacial score (nSPS) is 11.3. The van der Waals surface area contributed by atoms with Gasteiger partial charge < -0.3 is 9.73 Å². The van der Waals surface area contributed by atoms with E-state index in [4.69, 9.17) is 4.42 Å². The predicted molar refractivity (Wildman–Crippen MR) is 93.2 cm³/mol. The van der Waals surface area contributed by atoms with Gasteiger partial charge in [0.2, 0.25) is 0 Å². The Labute approximate surface area is 156 Å². The summed E-state index contributed by atoms with van der Waals surface area (Å²) in [5, 5.41) is 6.52. The van der Waals surface area contributed by atoms with Gasteiger partial charge >= 0.3 is 0 Å². The van der Waals surface area contributed by atoms with Crippen LogP contribution in [0.4, 0.5) is 13.2 Å². The molecule has 3 aromatic heterocycles. The Bertz CT molecular complexity index is 1120. The molecule has 0 fully saturated rings. The lowest BCUT2D eigenvalue weighted by Gasteiger charge is -2.08. The number of hydrogen-bond acceptors (Lipinski definition) is 4. The lowest BCUT2D eigenvalue weighted by Crippen LogP contribution is -2.22. The van der Waals surface area contributed by atoms with Gasteiger partial charge in [0, 0.05) is 5.56 Å². The van der Waals surface area contributed by atoms with Crippen molar-refractivity contribution in [1.29, 1.82) is 0 Å². The van der Waals surface area contributed by atoms with Crippen molar-refractivity contribution in [3.63, 3.8) is 0 Å². The van der Waals surface area contributed by atoms with Crippen molar-refractivity contribution in [2.75, 3.05) is 0 Å². The number of aromatic nitrogens is 3. The number of carbonyl (C=O) groups is 1. The lowest BCUT2D eigenvalue weighted by atomic mass is 10.1. The van der Waals surface area contributed by atoms with Crippen molar-refractivity contribution in [2.45, 2.75) is 13.0 Å². The molecule has 6 nitrogen and oxygen atoms in total. The fourth-order valence-electron chi connectivity index (χ4n) is 2.75. The Hall–Kier alpha value is -3.62. The van der Waals surface area contributed by atoms with E-state index in [1.54, 1.807) is 12.1 Å². The molecule has 1 aromatic carbocycles. The molecular formula is C19H13F3N4O2. The standard InChI is InChI=1S/C19H13F3N4O2/c20-12-5-3-11(4-6-12)15-8-16(17(21)22)26-18(25-15)14(10-24-26)19(27)23-9-13-2-1-7-28-13/h1-8,10,17H,9H2,(H,23,27). The summed E-state index contributed by atoms with van der Waals surface area (Å²) in [6.07, 6.45) is -0.189. The van der Waals surface area contributed by atoms with Crippen LogP contribution in [0.1, 0.15) is 28.2 Å². The topological polar surface area (TPSA) is 72.4 Å². The number of carbonyl (C=O) groups excluding carboxylic acids is 1. The van der Waals surface area contributed by atoms with E-state index in [2.05, 4.69) is 15.4 Å². The molecule has 0 saturated heterocycles. The molecule has 0 saturated carbocycles. The van der Waals surface area contributed by atoms with Crippen molar-refractivity contribution in [3.05, 3.63) is 77.8 Å². The van der Waals surface area contributed by atoms with Gasteiger partial charge in [-0.1, -0.05) is 0 Å². The quantitative estimate of drug-likeness (QED) is 0.563. The summed E-state index contributed by atoms with van der Waals surface area (Å²) in [5.74, 6) is -0.449. The molecule has 3 heterocycles. The van der Waals surface area contributed by atoms with E-state index < -0.39 is 23.8 Å². The molecule has 0 spiro atoms. The van der Waals surface area contributed by atoms with Crippen molar-refractivity contribution < 1.29 is 22.4 Å². The minimum absolute atomic E-state index is 0.0194. The molecule has 0 atom stereocenters. The first-order valence-electron chi connectivity index (χ1n) is 8.26. The highest BCUT2D eigenvalue weighted by atomic mass is 19.3. The zero-order chi connectivity index (χ0) is 19.7. The summed E-state index contributed by atoms with van der Waals surface area (Å²) in [5.41, 5.74) is 0.221. The number of furan rings is 1. The summed E-state index contributed by atoms with van der Waals surface area (Å²) in [6, 6.07) is 9.81. The SMILES string of the molecule is O=C(NCc1ccco1)c1cnn2c(C(F)F)cc(-c3ccc(F)cc3)nc12. The van der Waals surface area contributed by atoms with E-state index in [0.29, 0.717) is 11.3 Å². The third kappa shape index (κ3) is 3.34. The van der Waals surface area contributed by atoms with Gasteiger partial charge in [-0.05, 0) is 42.5 Å². The molecule has 4 aromatic rings. The number of halogens is 3. The number of rotatable bonds is 5. The van der Waals surface area contributed by atoms with Crippen LogP contribution in [0.5, 0.6) is 0 Å². The molecule has 0 aliphatic heterocycles. The average molecular weight is 386 g/mol. The molecule has 0 aliphatic rings. The third-order valence-electron chi connectivity index (χ3n) is 4.11. The molecule has 142 valence electrons. The van der Waals surface area contributed by atoms with Gasteiger partial charge in [-0.2, -0.15) is 5.10 Å². The Morgan fingerprint density at radius 3 is 2.68 bits per heavy atom. The molecular weight excluding hydrogens is 373 g/mol. The van der Waals surface area contributed by atoms with Gasteiger partial charge in [-0.15, -0.1) is 0 Å². The largest absolute Gasteiger partial charge is 0.467 e. The van der Waals surface area contributed by atoms with E-state index >= 15 is 0 Å². The predicted octanol–water partition coefficient (Wildman–Crippen LogP) is 4.00. The van der Waals surface area contributed by atoms with Crippen molar-refractivity contribution in [1.82, 2.24) is 19.9 Å². The van der Waals surface area contributed by atoms with E-state index in [1.165, 1.54) is 42.8 Å². The highest BCUT2D eigenvalue weighted by Gasteiger charge is 2.21. The number of benzene rings is 1. The maximum absolute atomic E-state index is 13.5. The van der Waals surface area contributed by atoms with Crippen molar-refractivity contribution in [3.8, 4) is 11.3 Å². The van der Waals surface area contributed by atoms with Crippen LogP contribution in [0.3, 0.4) is 0 Å². The number of amides is 1. The fourth-order valence-corrected chi connectivity index (χ4v) is 2.75. The molecule has 28 heavy (non-hydrogen) atoms. The Kier molecular flexibility index (Phi) is 4.56. The number of nitrogens with zero attached hydrogens (tertiary/aromatic N) is 3. The summed E-state index contributed by atoms with van der Waals surface area (Å²) in [7, 11) is 0. The molecule has 0 radical (unpaired) electrons. The summed E-state index contributed by atoms with van der Waals surface area (Å²) >= 11 is 0. The Balaban J connectivity index is 1.75. The summed E-state index contributed by atoms with van der Waals surface area (Å²) in [4.78, 5) is 16.8. The summed E-state index contributed by atoms with van der Waals surface area (Å²) in [6.45, 7) is 0.128. The monoisotopic (exact) mass is 386 g/mol. The second-order valence-electron chi connectivity index (χ2n) is 5.93. The van der Waals surface area contributed by atoms with Crippen LogP contribution in [0.25, 0.3) is 16.9 Å². The van der Waals surface area contributed by atoms with Gasteiger partial charge in [0.15, 0.2) is 5.65 Å². The second-order valence-corrected chi connectivity index (χ2v) is 5.93. The number of nitrogens with one attached hydrogen (secondary N) is 1. The van der Waals surface area contributed by atoms with Crippen LogP contribution in [-0.2, 0) is 6.54 Å². The van der Waals surface area contributed by atoms with Gasteiger partial charge in [0.1, 0.15) is 22.8 Å². The van der Waals surface area contributed by atoms with Crippen LogP contribution in [0.15, 0.2) is 59.3 Å². The molecule has 4 rings (SSSR count). The fraction of sp³-hybridized carbons (Fsp3) is 0.105. The summed E-state index contributed by atoms with van der Waals surface area (Å²) < 4.78 is 46.3. The van der Waals surface area contributed by atoms with Gasteiger partial charge in [-0.3, -0.25) is 4.79 Å². The number of fused-ring (bicyclic) bond motifs is 1. The minimum Gasteiger partial charge on any atom is -0.467 e. The van der Waals surface area contributed by atoms with E-state index in [-0.39, 0.29) is 23.4 Å². The van der Waals surface area contributed by atoms with Crippen molar-refractivity contribution >= 4 is 11.6 Å². The molecule has 1 amide bonds. The highest BCUT2D eigenvalue weighted by Crippen LogP contribution is 2.27. The first-order chi connectivity index (χ1) is 13.5. The zero-order valence-electron chi connectivity index (χ0n) is 14.3. The zero-order valence-corrected chi connectivity index (χ0v) is 14.3. The number of hydrogen-bond donors (Lipinski definition) is 1. The third-order valence-corrected chi connectivity index (χ3v) is 4.11. The second kappa shape index (κ2) is 7.18. The molecule has 0 bridgehead atoms. The minimum atomic E-state index is -2.84. The maximum Gasteiger partial charge on any atom is 0.280 e. The van der Waals surface area contributed by atoms with Gasteiger partial charge in [-0.25, -0.2) is 22.7 Å². The molecule has 0 unspecified atom stereocenters. The molecule has 1 N–H and O–H groups in total.